The highest BCUT2D eigenvalue weighted by Crippen LogP contribution is 2.25. The van der Waals surface area contributed by atoms with Crippen LogP contribution in [-0.2, 0) is 9.84 Å². The number of carbonyl (C=O) groups is 1. The molecule has 1 aromatic rings. The predicted molar refractivity (Wildman–Crippen MR) is 73.4 cm³/mol. The van der Waals surface area contributed by atoms with Gasteiger partial charge in [-0.1, -0.05) is 18.5 Å². The summed E-state index contributed by atoms with van der Waals surface area (Å²) in [6.45, 7) is 1.87. The highest BCUT2D eigenvalue weighted by Gasteiger charge is 2.24. The van der Waals surface area contributed by atoms with E-state index in [0.717, 1.165) is 17.9 Å². The fourth-order valence-electron chi connectivity index (χ4n) is 1.37. The van der Waals surface area contributed by atoms with E-state index in [1.54, 1.807) is 0 Å². The van der Waals surface area contributed by atoms with Gasteiger partial charge in [0.25, 0.3) is 0 Å². The van der Waals surface area contributed by atoms with Crippen LogP contribution < -0.4 is 0 Å². The lowest BCUT2D eigenvalue weighted by Gasteiger charge is -2.08. The van der Waals surface area contributed by atoms with Crippen molar-refractivity contribution in [1.82, 2.24) is 0 Å². The van der Waals surface area contributed by atoms with E-state index in [1.165, 1.54) is 11.8 Å². The summed E-state index contributed by atoms with van der Waals surface area (Å²) < 4.78 is 37.8. The minimum absolute atomic E-state index is 0.125. The van der Waals surface area contributed by atoms with Gasteiger partial charge < -0.3 is 5.11 Å². The molecule has 0 bridgehead atoms. The second-order valence-corrected chi connectivity index (χ2v) is 7.49. The molecule has 0 aliphatic carbocycles. The number of aromatic carboxylic acids is 1. The number of sulfone groups is 1. The molecule has 0 saturated carbocycles. The van der Waals surface area contributed by atoms with Crippen LogP contribution in [0.5, 0.6) is 0 Å². The lowest BCUT2D eigenvalue weighted by Crippen LogP contribution is -2.13. The molecule has 0 heterocycles. The van der Waals surface area contributed by atoms with Crippen molar-refractivity contribution in [2.24, 2.45) is 0 Å². The van der Waals surface area contributed by atoms with Crippen LogP contribution in [0.15, 0.2) is 17.0 Å². The SMILES string of the molecule is CCSCCS(=O)(=O)c1cc(Cl)cc(C(=O)O)c1F. The van der Waals surface area contributed by atoms with E-state index in [4.69, 9.17) is 16.7 Å². The van der Waals surface area contributed by atoms with Crippen molar-refractivity contribution in [3.8, 4) is 0 Å². The molecule has 0 atom stereocenters. The van der Waals surface area contributed by atoms with Crippen molar-refractivity contribution in [3.05, 3.63) is 28.5 Å². The van der Waals surface area contributed by atoms with E-state index < -0.39 is 32.1 Å². The third-order valence-corrected chi connectivity index (χ3v) is 5.36. The Morgan fingerprint density at radius 1 is 1.47 bits per heavy atom. The average molecular weight is 327 g/mol. The Labute approximate surface area is 119 Å². The van der Waals surface area contributed by atoms with Crippen LogP contribution >= 0.6 is 23.4 Å². The van der Waals surface area contributed by atoms with Crippen molar-refractivity contribution in [2.45, 2.75) is 11.8 Å². The van der Waals surface area contributed by atoms with Crippen LogP contribution in [0.3, 0.4) is 0 Å². The molecular weight excluding hydrogens is 315 g/mol. The fraction of sp³-hybridized carbons (Fsp3) is 0.364. The van der Waals surface area contributed by atoms with E-state index in [-0.39, 0.29) is 10.8 Å². The van der Waals surface area contributed by atoms with Gasteiger partial charge >= 0.3 is 5.97 Å². The first-order valence-electron chi connectivity index (χ1n) is 5.32. The molecular formula is C11H12ClFO4S2. The normalized spacial score (nSPS) is 11.5. The monoisotopic (exact) mass is 326 g/mol. The minimum Gasteiger partial charge on any atom is -0.478 e. The van der Waals surface area contributed by atoms with Crippen LogP contribution in [0.25, 0.3) is 0 Å². The Balaban J connectivity index is 3.23. The molecule has 0 radical (unpaired) electrons. The summed E-state index contributed by atoms with van der Waals surface area (Å²) in [4.78, 5) is 10.2. The summed E-state index contributed by atoms with van der Waals surface area (Å²) in [6, 6.07) is 1.83. The molecule has 8 heteroatoms. The zero-order valence-corrected chi connectivity index (χ0v) is 12.4. The van der Waals surface area contributed by atoms with Crippen LogP contribution in [-0.4, -0.2) is 36.8 Å². The number of thioether (sulfide) groups is 1. The largest absolute Gasteiger partial charge is 0.478 e. The summed E-state index contributed by atoms with van der Waals surface area (Å²) in [5.74, 6) is -2.03. The maximum absolute atomic E-state index is 13.9. The first kappa shape index (κ1) is 16.3. The molecule has 0 amide bonds. The summed E-state index contributed by atoms with van der Waals surface area (Å²) in [7, 11) is -3.89. The van der Waals surface area contributed by atoms with E-state index >= 15 is 0 Å². The maximum atomic E-state index is 13.9. The van der Waals surface area contributed by atoms with Crippen LogP contribution in [0.2, 0.25) is 5.02 Å². The third kappa shape index (κ3) is 4.09. The summed E-state index contributed by atoms with van der Waals surface area (Å²) in [5, 5.41) is 8.67. The third-order valence-electron chi connectivity index (χ3n) is 2.27. The quantitative estimate of drug-likeness (QED) is 0.814. The molecule has 4 nitrogen and oxygen atoms in total. The van der Waals surface area contributed by atoms with Gasteiger partial charge in [-0.15, -0.1) is 0 Å². The summed E-state index contributed by atoms with van der Waals surface area (Å²) >= 11 is 7.03. The second kappa shape index (κ2) is 6.58. The summed E-state index contributed by atoms with van der Waals surface area (Å²) in [6.07, 6.45) is 0. The van der Waals surface area contributed by atoms with Gasteiger partial charge in [-0.2, -0.15) is 11.8 Å². The predicted octanol–water partition coefficient (Wildman–Crippen LogP) is 2.70. The number of rotatable bonds is 6. The average Bonchev–Trinajstić information content (AvgIpc) is 2.31. The molecule has 19 heavy (non-hydrogen) atoms. The van der Waals surface area contributed by atoms with E-state index in [9.17, 15) is 17.6 Å². The van der Waals surface area contributed by atoms with Crippen LogP contribution in [0, 0.1) is 5.82 Å². The molecule has 0 aromatic heterocycles. The lowest BCUT2D eigenvalue weighted by molar-refractivity contribution is 0.0691. The Hall–Kier alpha value is -0.790. The van der Waals surface area contributed by atoms with Gasteiger partial charge in [-0.05, 0) is 17.9 Å². The molecule has 0 spiro atoms. The molecule has 1 rings (SSSR count). The summed E-state index contributed by atoms with van der Waals surface area (Å²) in [5.41, 5.74) is -0.741. The van der Waals surface area contributed by atoms with Gasteiger partial charge in [0.2, 0.25) is 0 Å². The number of halogens is 2. The fourth-order valence-corrected chi connectivity index (χ4v) is 4.20. The molecule has 0 aliphatic heterocycles. The molecule has 0 aliphatic rings. The van der Waals surface area contributed by atoms with Gasteiger partial charge in [0.1, 0.15) is 4.90 Å². The molecule has 106 valence electrons. The van der Waals surface area contributed by atoms with E-state index in [1.807, 2.05) is 6.92 Å². The standard InChI is InChI=1S/C11H12ClFO4S2/c1-2-18-3-4-19(16,17)9-6-7(12)5-8(10(9)13)11(14)15/h5-6H,2-4H2,1H3,(H,14,15). The van der Waals surface area contributed by atoms with Gasteiger partial charge in [-0.25, -0.2) is 17.6 Å². The number of benzene rings is 1. The zero-order valence-electron chi connectivity index (χ0n) is 10.0. The molecule has 1 N–H and O–H groups in total. The Kier molecular flexibility index (Phi) is 5.64. The van der Waals surface area contributed by atoms with Crippen molar-refractivity contribution < 1.29 is 22.7 Å². The van der Waals surface area contributed by atoms with Gasteiger partial charge in [0.05, 0.1) is 11.3 Å². The Morgan fingerprint density at radius 3 is 2.63 bits per heavy atom. The lowest BCUT2D eigenvalue weighted by atomic mass is 10.2. The van der Waals surface area contributed by atoms with Gasteiger partial charge in [-0.3, -0.25) is 0 Å². The van der Waals surface area contributed by atoms with Gasteiger partial charge in [0, 0.05) is 10.8 Å². The second-order valence-electron chi connectivity index (χ2n) is 3.59. The Morgan fingerprint density at radius 2 is 2.11 bits per heavy atom. The maximum Gasteiger partial charge on any atom is 0.338 e. The number of carboxylic acid groups (broad SMARTS) is 1. The number of carboxylic acids is 1. The van der Waals surface area contributed by atoms with E-state index in [0.29, 0.717) is 5.75 Å². The van der Waals surface area contributed by atoms with Crippen molar-refractivity contribution in [3.63, 3.8) is 0 Å². The Bertz CT molecular complexity index is 587. The van der Waals surface area contributed by atoms with Crippen LogP contribution in [0.1, 0.15) is 17.3 Å². The molecule has 0 fully saturated rings. The minimum atomic E-state index is -3.89. The first-order chi connectivity index (χ1) is 8.79. The smallest absolute Gasteiger partial charge is 0.338 e. The highest BCUT2D eigenvalue weighted by molar-refractivity contribution is 8.00. The van der Waals surface area contributed by atoms with E-state index in [2.05, 4.69) is 0 Å². The van der Waals surface area contributed by atoms with Gasteiger partial charge in [0.15, 0.2) is 15.7 Å². The van der Waals surface area contributed by atoms with Crippen molar-refractivity contribution >= 4 is 39.2 Å². The number of hydrogen-bond donors (Lipinski definition) is 1. The zero-order chi connectivity index (χ0) is 14.6. The number of hydrogen-bond acceptors (Lipinski definition) is 4. The van der Waals surface area contributed by atoms with Crippen molar-refractivity contribution in [2.75, 3.05) is 17.3 Å². The van der Waals surface area contributed by atoms with Crippen molar-refractivity contribution in [1.29, 1.82) is 0 Å². The highest BCUT2D eigenvalue weighted by atomic mass is 35.5. The first-order valence-corrected chi connectivity index (χ1v) is 8.51. The molecule has 1 aromatic carbocycles. The van der Waals surface area contributed by atoms with Crippen LogP contribution in [0.4, 0.5) is 4.39 Å². The molecule has 0 unspecified atom stereocenters. The molecule has 0 saturated heterocycles. The topological polar surface area (TPSA) is 71.4 Å².